The second kappa shape index (κ2) is 6.45. The molecule has 0 bridgehead atoms. The van der Waals surface area contributed by atoms with E-state index in [2.05, 4.69) is 14.7 Å². The molecule has 1 heterocycles. The zero-order valence-corrected chi connectivity index (χ0v) is 12.7. The Bertz CT molecular complexity index is 557. The molecule has 1 aromatic heterocycles. The highest BCUT2D eigenvalue weighted by Crippen LogP contribution is 2.32. The van der Waals surface area contributed by atoms with Gasteiger partial charge in [0.2, 0.25) is 0 Å². The molecule has 0 aliphatic heterocycles. The van der Waals surface area contributed by atoms with Gasteiger partial charge in [0, 0.05) is 6.04 Å². The van der Waals surface area contributed by atoms with Gasteiger partial charge in [-0.05, 0) is 49.6 Å². The molecule has 6 heteroatoms. The molecule has 1 unspecified atom stereocenters. The largest absolute Gasteiger partial charge is 0.310 e. The predicted molar refractivity (Wildman–Crippen MR) is 77.3 cm³/mol. The van der Waals surface area contributed by atoms with Crippen molar-refractivity contribution >= 4 is 23.3 Å². The fourth-order valence-electron chi connectivity index (χ4n) is 1.71. The first-order valence-electron chi connectivity index (χ1n) is 6.11. The van der Waals surface area contributed by atoms with Crippen LogP contribution in [0.5, 0.6) is 0 Å². The summed E-state index contributed by atoms with van der Waals surface area (Å²) in [7, 11) is 0. The van der Waals surface area contributed by atoms with Gasteiger partial charge in [0.05, 0.1) is 4.90 Å². The highest BCUT2D eigenvalue weighted by Gasteiger charge is 2.11. The maximum Gasteiger partial charge on any atom is 0.174 e. The van der Waals surface area contributed by atoms with Gasteiger partial charge < -0.3 is 5.32 Å². The van der Waals surface area contributed by atoms with Crippen molar-refractivity contribution in [1.29, 1.82) is 0 Å². The van der Waals surface area contributed by atoms with E-state index in [1.807, 2.05) is 26.8 Å². The Balaban J connectivity index is 2.15. The van der Waals surface area contributed by atoms with Crippen molar-refractivity contribution in [2.75, 3.05) is 6.54 Å². The molecule has 1 N–H and O–H groups in total. The molecular formula is C13H16FN3S2. The van der Waals surface area contributed by atoms with E-state index >= 15 is 0 Å². The van der Waals surface area contributed by atoms with Crippen LogP contribution in [0.25, 0.3) is 0 Å². The Labute approximate surface area is 120 Å². The number of benzene rings is 1. The number of hydrogen-bond donors (Lipinski definition) is 1. The van der Waals surface area contributed by atoms with Crippen LogP contribution in [0.2, 0.25) is 0 Å². The van der Waals surface area contributed by atoms with E-state index in [9.17, 15) is 4.39 Å². The van der Waals surface area contributed by atoms with Crippen LogP contribution in [0.3, 0.4) is 0 Å². The first-order valence-corrected chi connectivity index (χ1v) is 7.70. The number of nitrogens with one attached hydrogen (secondary N) is 1. The predicted octanol–water partition coefficient (Wildman–Crippen LogP) is 3.81. The average Bonchev–Trinajstić information content (AvgIpc) is 2.78. The van der Waals surface area contributed by atoms with Crippen molar-refractivity contribution in [1.82, 2.24) is 14.7 Å². The quantitative estimate of drug-likeness (QED) is 0.910. The summed E-state index contributed by atoms with van der Waals surface area (Å²) in [5.41, 5.74) is 0.956. The van der Waals surface area contributed by atoms with E-state index in [0.29, 0.717) is 4.90 Å². The Morgan fingerprint density at radius 2 is 2.26 bits per heavy atom. The number of nitrogens with zero attached hydrogens (tertiary/aromatic N) is 2. The molecular weight excluding hydrogens is 281 g/mol. The topological polar surface area (TPSA) is 37.8 Å². The van der Waals surface area contributed by atoms with Crippen LogP contribution in [0.1, 0.15) is 31.3 Å². The summed E-state index contributed by atoms with van der Waals surface area (Å²) < 4.78 is 18.9. The Morgan fingerprint density at radius 1 is 1.47 bits per heavy atom. The van der Waals surface area contributed by atoms with Crippen molar-refractivity contribution in [3.63, 3.8) is 0 Å². The smallest absolute Gasteiger partial charge is 0.174 e. The van der Waals surface area contributed by atoms with Crippen LogP contribution < -0.4 is 5.32 Å². The first kappa shape index (κ1) is 14.4. The minimum absolute atomic E-state index is 0.155. The number of aromatic nitrogens is 2. The van der Waals surface area contributed by atoms with E-state index in [1.165, 1.54) is 23.3 Å². The van der Waals surface area contributed by atoms with Crippen molar-refractivity contribution in [2.45, 2.75) is 36.0 Å². The van der Waals surface area contributed by atoms with Crippen LogP contribution in [-0.4, -0.2) is 15.9 Å². The molecule has 0 aliphatic carbocycles. The molecule has 2 rings (SSSR count). The molecule has 102 valence electrons. The molecule has 0 amide bonds. The standard InChI is InChI=1S/C13H16FN3S2/c1-4-15-8(2)10-5-6-12(11(14)7-10)18-13-16-9(3)17-19-13/h5-8,15H,4H2,1-3H3. The molecule has 0 spiro atoms. The van der Waals surface area contributed by atoms with Crippen LogP contribution in [0.15, 0.2) is 27.4 Å². The lowest BCUT2D eigenvalue weighted by molar-refractivity contribution is 0.572. The third-order valence-electron chi connectivity index (χ3n) is 2.67. The van der Waals surface area contributed by atoms with Crippen LogP contribution in [0, 0.1) is 12.7 Å². The number of hydrogen-bond acceptors (Lipinski definition) is 5. The van der Waals surface area contributed by atoms with Gasteiger partial charge >= 0.3 is 0 Å². The van der Waals surface area contributed by atoms with Gasteiger partial charge in [-0.3, -0.25) is 0 Å². The van der Waals surface area contributed by atoms with E-state index in [-0.39, 0.29) is 11.9 Å². The van der Waals surface area contributed by atoms with E-state index < -0.39 is 0 Å². The van der Waals surface area contributed by atoms with Crippen molar-refractivity contribution < 1.29 is 4.39 Å². The Kier molecular flexibility index (Phi) is 4.90. The highest BCUT2D eigenvalue weighted by atomic mass is 32.2. The SMILES string of the molecule is CCNC(C)c1ccc(Sc2nc(C)ns2)c(F)c1. The summed E-state index contributed by atoms with van der Waals surface area (Å²) in [4.78, 5) is 4.81. The summed E-state index contributed by atoms with van der Waals surface area (Å²) in [5, 5.41) is 3.27. The van der Waals surface area contributed by atoms with Gasteiger partial charge in [-0.15, -0.1) is 0 Å². The van der Waals surface area contributed by atoms with Crippen molar-refractivity contribution in [3.05, 3.63) is 35.4 Å². The lowest BCUT2D eigenvalue weighted by atomic mass is 10.1. The molecule has 0 fully saturated rings. The average molecular weight is 297 g/mol. The van der Waals surface area contributed by atoms with Crippen molar-refractivity contribution in [3.8, 4) is 0 Å². The molecule has 2 aromatic rings. The first-order chi connectivity index (χ1) is 9.10. The van der Waals surface area contributed by atoms with E-state index in [4.69, 9.17) is 0 Å². The van der Waals surface area contributed by atoms with Gasteiger partial charge in [0.1, 0.15) is 11.6 Å². The minimum Gasteiger partial charge on any atom is -0.310 e. The van der Waals surface area contributed by atoms with Gasteiger partial charge in [-0.2, -0.15) is 4.37 Å². The zero-order chi connectivity index (χ0) is 13.8. The highest BCUT2D eigenvalue weighted by molar-refractivity contribution is 8.01. The maximum atomic E-state index is 14.1. The number of aryl methyl sites for hydroxylation is 1. The van der Waals surface area contributed by atoms with Crippen molar-refractivity contribution in [2.24, 2.45) is 0 Å². The molecule has 0 saturated carbocycles. The van der Waals surface area contributed by atoms with Gasteiger partial charge in [-0.1, -0.05) is 24.8 Å². The number of rotatable bonds is 5. The fraction of sp³-hybridized carbons (Fsp3) is 0.385. The fourth-order valence-corrected chi connectivity index (χ4v) is 3.32. The summed E-state index contributed by atoms with van der Waals surface area (Å²) >= 11 is 2.61. The molecule has 19 heavy (non-hydrogen) atoms. The Morgan fingerprint density at radius 3 is 2.84 bits per heavy atom. The monoisotopic (exact) mass is 297 g/mol. The lowest BCUT2D eigenvalue weighted by Gasteiger charge is -2.13. The second-order valence-corrected chi connectivity index (χ2v) is 6.22. The van der Waals surface area contributed by atoms with Gasteiger partial charge in [0.15, 0.2) is 4.34 Å². The molecule has 0 aliphatic rings. The van der Waals surface area contributed by atoms with Crippen LogP contribution in [0.4, 0.5) is 4.39 Å². The van der Waals surface area contributed by atoms with E-state index in [0.717, 1.165) is 22.3 Å². The van der Waals surface area contributed by atoms with Gasteiger partial charge in [0.25, 0.3) is 0 Å². The normalized spacial score (nSPS) is 12.6. The lowest BCUT2D eigenvalue weighted by Crippen LogP contribution is -2.17. The maximum absolute atomic E-state index is 14.1. The van der Waals surface area contributed by atoms with Crippen LogP contribution >= 0.6 is 23.3 Å². The summed E-state index contributed by atoms with van der Waals surface area (Å²) in [5.74, 6) is 0.519. The number of halogens is 1. The second-order valence-electron chi connectivity index (χ2n) is 4.18. The molecule has 1 aromatic carbocycles. The summed E-state index contributed by atoms with van der Waals surface area (Å²) in [6.07, 6.45) is 0. The Hall–Kier alpha value is -0.980. The van der Waals surface area contributed by atoms with E-state index in [1.54, 1.807) is 12.1 Å². The molecule has 3 nitrogen and oxygen atoms in total. The third-order valence-corrected chi connectivity index (χ3v) is 4.57. The van der Waals surface area contributed by atoms with Gasteiger partial charge in [-0.25, -0.2) is 9.37 Å². The minimum atomic E-state index is -0.208. The zero-order valence-electron chi connectivity index (χ0n) is 11.1. The summed E-state index contributed by atoms with van der Waals surface area (Å²) in [6.45, 7) is 6.76. The molecule has 1 atom stereocenters. The summed E-state index contributed by atoms with van der Waals surface area (Å²) in [6, 6.07) is 5.50. The third kappa shape index (κ3) is 3.75. The molecule has 0 radical (unpaired) electrons. The van der Waals surface area contributed by atoms with Crippen LogP contribution in [-0.2, 0) is 0 Å². The molecule has 0 saturated heterocycles.